The van der Waals surface area contributed by atoms with Crippen molar-refractivity contribution in [3.63, 3.8) is 0 Å². The van der Waals surface area contributed by atoms with Crippen molar-refractivity contribution in [3.8, 4) is 5.69 Å². The van der Waals surface area contributed by atoms with Gasteiger partial charge in [-0.2, -0.15) is 5.10 Å². The van der Waals surface area contributed by atoms with Crippen molar-refractivity contribution in [3.05, 3.63) is 65.3 Å². The Bertz CT molecular complexity index is 867. The van der Waals surface area contributed by atoms with Gasteiger partial charge in [-0.15, -0.1) is 24.0 Å². The van der Waals surface area contributed by atoms with Gasteiger partial charge in [-0.25, -0.2) is 4.68 Å². The van der Waals surface area contributed by atoms with Gasteiger partial charge in [0.15, 0.2) is 5.96 Å². The fraction of sp³-hybridized carbons (Fsp3) is 0.350. The van der Waals surface area contributed by atoms with E-state index in [9.17, 15) is 0 Å². The molecule has 150 valence electrons. The van der Waals surface area contributed by atoms with Crippen LogP contribution in [-0.2, 0) is 25.9 Å². The van der Waals surface area contributed by atoms with Gasteiger partial charge in [-0.1, -0.05) is 31.1 Å². The first-order chi connectivity index (χ1) is 13.2. The van der Waals surface area contributed by atoms with Crippen LogP contribution in [0.15, 0.2) is 52.2 Å². The number of hydrogen-bond acceptors (Lipinski definition) is 4. The predicted molar refractivity (Wildman–Crippen MR) is 121 cm³/mol. The molecule has 3 rings (SSSR count). The fourth-order valence-electron chi connectivity index (χ4n) is 2.95. The quantitative estimate of drug-likeness (QED) is 0.299. The summed E-state index contributed by atoms with van der Waals surface area (Å²) < 4.78 is 7.27. The number of aromatic nitrogens is 3. The van der Waals surface area contributed by atoms with E-state index in [1.807, 2.05) is 29.1 Å². The van der Waals surface area contributed by atoms with Crippen LogP contribution in [0.5, 0.6) is 0 Å². The summed E-state index contributed by atoms with van der Waals surface area (Å²) in [7, 11) is 1.77. The highest BCUT2D eigenvalue weighted by atomic mass is 127. The third-order valence-electron chi connectivity index (χ3n) is 4.40. The maximum Gasteiger partial charge on any atom is 0.191 e. The van der Waals surface area contributed by atoms with Crippen LogP contribution in [0.2, 0.25) is 0 Å². The summed E-state index contributed by atoms with van der Waals surface area (Å²) in [5, 5.41) is 15.1. The van der Waals surface area contributed by atoms with Crippen molar-refractivity contribution in [1.82, 2.24) is 25.6 Å². The molecule has 0 atom stereocenters. The lowest BCUT2D eigenvalue weighted by Gasteiger charge is -2.13. The van der Waals surface area contributed by atoms with Gasteiger partial charge in [0.2, 0.25) is 0 Å². The Morgan fingerprint density at radius 2 is 1.96 bits per heavy atom. The monoisotopic (exact) mass is 494 g/mol. The van der Waals surface area contributed by atoms with Gasteiger partial charge in [-0.05, 0) is 30.2 Å². The Kier molecular flexibility index (Phi) is 8.49. The number of guanidine groups is 1. The van der Waals surface area contributed by atoms with Crippen molar-refractivity contribution in [1.29, 1.82) is 0 Å². The molecule has 8 heteroatoms. The molecule has 2 heterocycles. The lowest BCUT2D eigenvalue weighted by atomic mass is 10.1. The normalized spacial score (nSPS) is 11.2. The van der Waals surface area contributed by atoms with Crippen molar-refractivity contribution in [2.24, 2.45) is 4.99 Å². The highest BCUT2D eigenvalue weighted by Crippen LogP contribution is 2.15. The van der Waals surface area contributed by atoms with Crippen LogP contribution in [0.3, 0.4) is 0 Å². The first kappa shape index (κ1) is 21.9. The van der Waals surface area contributed by atoms with Crippen molar-refractivity contribution < 1.29 is 4.52 Å². The molecule has 3 aromatic rings. The van der Waals surface area contributed by atoms with E-state index in [1.54, 1.807) is 13.2 Å². The molecule has 0 bridgehead atoms. The standard InChI is InChI=1S/C20H26N6O.HI/c1-4-18-17(19(5-2)27-25-18)14-23-20(21-3)22-13-15-8-6-9-16(12-15)26-11-7-10-24-26;/h6-12H,4-5,13-14H2,1-3H3,(H2,21,22,23);1H. The summed E-state index contributed by atoms with van der Waals surface area (Å²) in [6.07, 6.45) is 5.39. The van der Waals surface area contributed by atoms with Crippen LogP contribution in [0.4, 0.5) is 0 Å². The first-order valence-electron chi connectivity index (χ1n) is 9.24. The van der Waals surface area contributed by atoms with Crippen LogP contribution >= 0.6 is 24.0 Å². The SMILES string of the molecule is CCc1noc(CC)c1CNC(=NC)NCc1cccc(-n2cccn2)c1.I. The van der Waals surface area contributed by atoms with E-state index in [2.05, 4.69) is 51.9 Å². The van der Waals surface area contributed by atoms with Gasteiger partial charge >= 0.3 is 0 Å². The zero-order valence-electron chi connectivity index (χ0n) is 16.5. The molecular formula is C20H27IN6O. The summed E-state index contributed by atoms with van der Waals surface area (Å²) >= 11 is 0. The molecule has 28 heavy (non-hydrogen) atoms. The van der Waals surface area contributed by atoms with Gasteiger partial charge < -0.3 is 15.2 Å². The van der Waals surface area contributed by atoms with Crippen LogP contribution in [0, 0.1) is 0 Å². The van der Waals surface area contributed by atoms with Crippen LogP contribution in [0.25, 0.3) is 5.69 Å². The molecule has 0 saturated carbocycles. The summed E-state index contributed by atoms with van der Waals surface area (Å²) in [5.74, 6) is 1.67. The molecule has 0 amide bonds. The van der Waals surface area contributed by atoms with Gasteiger partial charge in [0, 0.05) is 44.5 Å². The average molecular weight is 494 g/mol. The first-order valence-corrected chi connectivity index (χ1v) is 9.24. The van der Waals surface area contributed by atoms with Gasteiger partial charge in [-0.3, -0.25) is 4.99 Å². The summed E-state index contributed by atoms with van der Waals surface area (Å²) in [6, 6.07) is 10.2. The average Bonchev–Trinajstić information content (AvgIpc) is 3.38. The van der Waals surface area contributed by atoms with Crippen molar-refractivity contribution >= 4 is 29.9 Å². The van der Waals surface area contributed by atoms with Gasteiger partial charge in [0.1, 0.15) is 5.76 Å². The maximum atomic E-state index is 5.42. The number of aryl methyl sites for hydroxylation is 2. The summed E-state index contributed by atoms with van der Waals surface area (Å²) in [5.41, 5.74) is 4.32. The van der Waals surface area contributed by atoms with Crippen LogP contribution in [-0.4, -0.2) is 27.9 Å². The minimum absolute atomic E-state index is 0. The van der Waals surface area contributed by atoms with E-state index in [0.29, 0.717) is 13.1 Å². The van der Waals surface area contributed by atoms with Crippen molar-refractivity contribution in [2.45, 2.75) is 39.8 Å². The molecule has 1 aromatic carbocycles. The van der Waals surface area contributed by atoms with Gasteiger partial charge in [0.25, 0.3) is 0 Å². The van der Waals surface area contributed by atoms with E-state index in [0.717, 1.165) is 47.1 Å². The maximum absolute atomic E-state index is 5.42. The van der Waals surface area contributed by atoms with Crippen molar-refractivity contribution in [2.75, 3.05) is 7.05 Å². The van der Waals surface area contributed by atoms with E-state index >= 15 is 0 Å². The third-order valence-corrected chi connectivity index (χ3v) is 4.40. The molecule has 0 saturated heterocycles. The second kappa shape index (κ2) is 10.8. The number of nitrogens with one attached hydrogen (secondary N) is 2. The Labute approximate surface area is 182 Å². The molecule has 0 aliphatic heterocycles. The zero-order valence-corrected chi connectivity index (χ0v) is 18.8. The zero-order chi connectivity index (χ0) is 19.1. The number of rotatable bonds is 7. The molecule has 7 nitrogen and oxygen atoms in total. The Morgan fingerprint density at radius 3 is 2.64 bits per heavy atom. The number of benzene rings is 1. The largest absolute Gasteiger partial charge is 0.361 e. The van der Waals surface area contributed by atoms with E-state index < -0.39 is 0 Å². The number of nitrogens with zero attached hydrogens (tertiary/aromatic N) is 4. The highest BCUT2D eigenvalue weighted by molar-refractivity contribution is 14.0. The van der Waals surface area contributed by atoms with E-state index in [4.69, 9.17) is 4.52 Å². The van der Waals surface area contributed by atoms with Crippen LogP contribution < -0.4 is 10.6 Å². The second-order valence-corrected chi connectivity index (χ2v) is 6.14. The topological polar surface area (TPSA) is 80.3 Å². The molecule has 2 aromatic heterocycles. The highest BCUT2D eigenvalue weighted by Gasteiger charge is 2.13. The van der Waals surface area contributed by atoms with E-state index in [1.165, 1.54) is 0 Å². The molecule has 0 aliphatic rings. The molecule has 2 N–H and O–H groups in total. The lowest BCUT2D eigenvalue weighted by Crippen LogP contribution is -2.36. The lowest BCUT2D eigenvalue weighted by molar-refractivity contribution is 0.380. The number of halogens is 1. The molecule has 0 spiro atoms. The fourth-order valence-corrected chi connectivity index (χ4v) is 2.95. The van der Waals surface area contributed by atoms with Gasteiger partial charge in [0.05, 0.1) is 11.4 Å². The molecule has 0 fully saturated rings. The smallest absolute Gasteiger partial charge is 0.191 e. The molecule has 0 aliphatic carbocycles. The summed E-state index contributed by atoms with van der Waals surface area (Å²) in [6.45, 7) is 5.46. The van der Waals surface area contributed by atoms with Crippen LogP contribution in [0.1, 0.15) is 36.4 Å². The minimum Gasteiger partial charge on any atom is -0.361 e. The Hall–Kier alpha value is -2.36. The molecule has 0 unspecified atom stereocenters. The second-order valence-electron chi connectivity index (χ2n) is 6.14. The Morgan fingerprint density at radius 1 is 1.14 bits per heavy atom. The minimum atomic E-state index is 0. The molecule has 0 radical (unpaired) electrons. The third kappa shape index (κ3) is 5.34. The summed E-state index contributed by atoms with van der Waals surface area (Å²) in [4.78, 5) is 4.31. The Balaban J connectivity index is 0.00000280. The number of hydrogen-bond donors (Lipinski definition) is 2. The van der Waals surface area contributed by atoms with E-state index in [-0.39, 0.29) is 24.0 Å². The predicted octanol–water partition coefficient (Wildman–Crippen LogP) is 3.47. The number of aliphatic imine (C=N–C) groups is 1. The molecular weight excluding hydrogens is 467 g/mol.